The topological polar surface area (TPSA) is 109 Å². The molecule has 1 heterocycles. The van der Waals surface area contributed by atoms with Crippen LogP contribution in [0.5, 0.6) is 0 Å². The molecule has 1 aromatic heterocycles. The lowest BCUT2D eigenvalue weighted by atomic mass is 10.2. The van der Waals surface area contributed by atoms with Gasteiger partial charge in [0.1, 0.15) is 22.0 Å². The Balaban J connectivity index is 3.04. The van der Waals surface area contributed by atoms with Crippen LogP contribution in [0.3, 0.4) is 0 Å². The van der Waals surface area contributed by atoms with Crippen molar-refractivity contribution in [1.29, 1.82) is 0 Å². The highest BCUT2D eigenvalue weighted by Crippen LogP contribution is 2.26. The molecule has 0 saturated heterocycles. The maximum atomic E-state index is 12.1. The van der Waals surface area contributed by atoms with Crippen LogP contribution in [0.2, 0.25) is 0 Å². The normalized spacial score (nSPS) is 11.7. The van der Waals surface area contributed by atoms with Gasteiger partial charge in [0, 0.05) is 6.54 Å². The number of rotatable bonds is 7. The predicted molar refractivity (Wildman–Crippen MR) is 68.9 cm³/mol. The Morgan fingerprint density at radius 3 is 2.42 bits per heavy atom. The first-order chi connectivity index (χ1) is 8.81. The van der Waals surface area contributed by atoms with E-state index >= 15 is 0 Å². The number of aryl methyl sites for hydroxylation is 2. The number of aromatic carboxylic acids is 1. The van der Waals surface area contributed by atoms with Gasteiger partial charge < -0.3 is 14.8 Å². The van der Waals surface area contributed by atoms with E-state index < -0.39 is 16.0 Å². The molecule has 1 aromatic rings. The van der Waals surface area contributed by atoms with Crippen molar-refractivity contribution in [2.45, 2.75) is 25.2 Å². The quantitative estimate of drug-likeness (QED) is 0.630. The summed E-state index contributed by atoms with van der Waals surface area (Å²) in [6, 6.07) is 0. The zero-order valence-electron chi connectivity index (χ0n) is 11.1. The van der Waals surface area contributed by atoms with E-state index in [0.717, 1.165) is 0 Å². The molecule has 8 heteroatoms. The van der Waals surface area contributed by atoms with Gasteiger partial charge in [-0.2, -0.15) is 0 Å². The molecule has 0 aliphatic carbocycles. The third kappa shape index (κ3) is 3.55. The van der Waals surface area contributed by atoms with E-state index in [1.165, 1.54) is 13.8 Å². The van der Waals surface area contributed by atoms with E-state index in [1.54, 1.807) is 7.05 Å². The van der Waals surface area contributed by atoms with E-state index in [1.807, 2.05) is 0 Å². The SMILES string of the molecule is CNCCCNS(=O)(=O)c1c(C)oc(C)c1C(=O)O. The average Bonchev–Trinajstić information content (AvgIpc) is 2.60. The minimum atomic E-state index is -3.88. The largest absolute Gasteiger partial charge is 0.478 e. The molecule has 1 rings (SSSR count). The molecule has 0 unspecified atom stereocenters. The van der Waals surface area contributed by atoms with Crippen molar-refractivity contribution in [3.8, 4) is 0 Å². The lowest BCUT2D eigenvalue weighted by molar-refractivity contribution is 0.0691. The van der Waals surface area contributed by atoms with Crippen LogP contribution in [0.4, 0.5) is 0 Å². The number of carboxylic acids is 1. The van der Waals surface area contributed by atoms with Crippen LogP contribution in [0.25, 0.3) is 0 Å². The van der Waals surface area contributed by atoms with Crippen LogP contribution < -0.4 is 10.0 Å². The lowest BCUT2D eigenvalue weighted by Gasteiger charge is -2.06. The van der Waals surface area contributed by atoms with Gasteiger partial charge in [0.25, 0.3) is 0 Å². The number of carboxylic acid groups (broad SMARTS) is 1. The molecule has 0 spiro atoms. The number of furan rings is 1. The summed E-state index contributed by atoms with van der Waals surface area (Å²) in [5, 5.41) is 12.0. The van der Waals surface area contributed by atoms with E-state index in [2.05, 4.69) is 10.0 Å². The first kappa shape index (κ1) is 15.7. The molecule has 0 saturated carbocycles. The number of hydrogen-bond acceptors (Lipinski definition) is 5. The average molecular weight is 290 g/mol. The first-order valence-electron chi connectivity index (χ1n) is 5.78. The van der Waals surface area contributed by atoms with Gasteiger partial charge >= 0.3 is 5.97 Å². The smallest absolute Gasteiger partial charge is 0.340 e. The van der Waals surface area contributed by atoms with E-state index in [9.17, 15) is 13.2 Å². The molecule has 0 fully saturated rings. The molecular weight excluding hydrogens is 272 g/mol. The third-order valence-electron chi connectivity index (χ3n) is 2.58. The van der Waals surface area contributed by atoms with Gasteiger partial charge in [-0.25, -0.2) is 17.9 Å². The Labute approximate surface area is 112 Å². The number of hydrogen-bond donors (Lipinski definition) is 3. The zero-order valence-corrected chi connectivity index (χ0v) is 11.9. The molecule has 0 aliphatic heterocycles. The van der Waals surface area contributed by atoms with Gasteiger partial charge in [0.05, 0.1) is 0 Å². The van der Waals surface area contributed by atoms with Crippen LogP contribution >= 0.6 is 0 Å². The Morgan fingerprint density at radius 2 is 1.89 bits per heavy atom. The van der Waals surface area contributed by atoms with Crippen LogP contribution in [0.1, 0.15) is 28.3 Å². The van der Waals surface area contributed by atoms with Crippen LogP contribution in [0.15, 0.2) is 9.31 Å². The minimum Gasteiger partial charge on any atom is -0.478 e. The Hall–Kier alpha value is -1.38. The second kappa shape index (κ2) is 6.18. The van der Waals surface area contributed by atoms with E-state index in [-0.39, 0.29) is 28.5 Å². The van der Waals surface area contributed by atoms with E-state index in [4.69, 9.17) is 9.52 Å². The Kier molecular flexibility index (Phi) is 5.10. The second-order valence-electron chi connectivity index (χ2n) is 4.08. The van der Waals surface area contributed by atoms with Crippen molar-refractivity contribution < 1.29 is 22.7 Å². The molecule has 19 heavy (non-hydrogen) atoms. The maximum absolute atomic E-state index is 12.1. The molecule has 108 valence electrons. The van der Waals surface area contributed by atoms with Crippen molar-refractivity contribution >= 4 is 16.0 Å². The summed E-state index contributed by atoms with van der Waals surface area (Å²) in [7, 11) is -2.11. The third-order valence-corrected chi connectivity index (χ3v) is 4.20. The highest BCUT2D eigenvalue weighted by molar-refractivity contribution is 7.89. The van der Waals surface area contributed by atoms with Gasteiger partial charge in [0.15, 0.2) is 0 Å². The van der Waals surface area contributed by atoms with Crippen LogP contribution in [0, 0.1) is 13.8 Å². The van der Waals surface area contributed by atoms with Crippen molar-refractivity contribution in [3.05, 3.63) is 17.1 Å². The summed E-state index contributed by atoms with van der Waals surface area (Å²) in [5.74, 6) is -1.15. The lowest BCUT2D eigenvalue weighted by Crippen LogP contribution is -2.28. The first-order valence-corrected chi connectivity index (χ1v) is 7.27. The number of carbonyl (C=O) groups is 1. The molecule has 7 nitrogen and oxygen atoms in total. The summed E-state index contributed by atoms with van der Waals surface area (Å²) >= 11 is 0. The maximum Gasteiger partial charge on any atom is 0.340 e. The molecule has 0 aliphatic rings. The number of nitrogens with one attached hydrogen (secondary N) is 2. The van der Waals surface area contributed by atoms with Crippen molar-refractivity contribution in [3.63, 3.8) is 0 Å². The fraction of sp³-hybridized carbons (Fsp3) is 0.545. The molecule has 0 radical (unpaired) electrons. The highest BCUT2D eigenvalue weighted by Gasteiger charge is 2.30. The number of sulfonamides is 1. The van der Waals surface area contributed by atoms with Crippen molar-refractivity contribution in [1.82, 2.24) is 10.0 Å². The summed E-state index contributed by atoms with van der Waals surface area (Å²) in [6.45, 7) is 3.75. The van der Waals surface area contributed by atoms with Gasteiger partial charge in [-0.05, 0) is 33.9 Å². The summed E-state index contributed by atoms with van der Waals surface area (Å²) in [5.41, 5.74) is -0.307. The Bertz CT molecular complexity index is 562. The van der Waals surface area contributed by atoms with Gasteiger partial charge in [-0.1, -0.05) is 0 Å². The Morgan fingerprint density at radius 1 is 1.26 bits per heavy atom. The molecule has 0 atom stereocenters. The summed E-state index contributed by atoms with van der Waals surface area (Å²) in [6.07, 6.45) is 0.605. The standard InChI is InChI=1S/C11H18N2O5S/c1-7-9(11(14)15)10(8(2)18-7)19(16,17)13-6-4-5-12-3/h12-13H,4-6H2,1-3H3,(H,14,15). The molecule has 0 amide bonds. The minimum absolute atomic E-state index is 0.0796. The van der Waals surface area contributed by atoms with Crippen molar-refractivity contribution in [2.75, 3.05) is 20.1 Å². The summed E-state index contributed by atoms with van der Waals surface area (Å²) < 4.78 is 31.7. The second-order valence-corrected chi connectivity index (χ2v) is 5.78. The monoisotopic (exact) mass is 290 g/mol. The predicted octanol–water partition coefficient (Wildman–Crippen LogP) is 0.482. The molecule has 3 N–H and O–H groups in total. The molecular formula is C11H18N2O5S. The summed E-state index contributed by atoms with van der Waals surface area (Å²) in [4.78, 5) is 10.8. The zero-order chi connectivity index (χ0) is 14.6. The van der Waals surface area contributed by atoms with Gasteiger partial charge in [-0.15, -0.1) is 0 Å². The van der Waals surface area contributed by atoms with Crippen molar-refractivity contribution in [2.24, 2.45) is 0 Å². The van der Waals surface area contributed by atoms with Crippen LogP contribution in [-0.2, 0) is 10.0 Å². The molecule has 0 aromatic carbocycles. The van der Waals surface area contributed by atoms with E-state index in [0.29, 0.717) is 13.0 Å². The van der Waals surface area contributed by atoms with Gasteiger partial charge in [0.2, 0.25) is 10.0 Å². The highest BCUT2D eigenvalue weighted by atomic mass is 32.2. The fourth-order valence-corrected chi connectivity index (χ4v) is 3.26. The van der Waals surface area contributed by atoms with Crippen LogP contribution in [-0.4, -0.2) is 39.6 Å². The molecule has 0 bridgehead atoms. The van der Waals surface area contributed by atoms with Gasteiger partial charge in [-0.3, -0.25) is 0 Å². The fourth-order valence-electron chi connectivity index (χ4n) is 1.78.